The van der Waals surface area contributed by atoms with Gasteiger partial charge in [-0.25, -0.2) is 4.98 Å². The topological polar surface area (TPSA) is 80.6 Å². The van der Waals surface area contributed by atoms with Crippen molar-refractivity contribution >= 4 is 5.65 Å². The van der Waals surface area contributed by atoms with E-state index in [1.165, 1.54) is 11.3 Å². The first kappa shape index (κ1) is 30.2. The van der Waals surface area contributed by atoms with E-state index in [4.69, 9.17) is 10.2 Å². The second-order valence-corrected chi connectivity index (χ2v) is 12.2. The number of hydrogen-bond donors (Lipinski definition) is 1. The van der Waals surface area contributed by atoms with Crippen LogP contribution in [0.4, 0.5) is 0 Å². The zero-order chi connectivity index (χ0) is 33.2. The fourth-order valence-corrected chi connectivity index (χ4v) is 7.01. The quantitative estimate of drug-likeness (QED) is 0.126. The molecule has 1 N–H and O–H groups in total. The summed E-state index contributed by atoms with van der Waals surface area (Å²) in [7, 11) is 0. The molecular formula is C41H37N8+. The summed E-state index contributed by atoms with van der Waals surface area (Å²) in [6, 6.07) is 51.1. The van der Waals surface area contributed by atoms with E-state index in [9.17, 15) is 0 Å². The van der Waals surface area contributed by atoms with Crippen molar-refractivity contribution in [2.75, 3.05) is 0 Å². The van der Waals surface area contributed by atoms with Gasteiger partial charge in [-0.3, -0.25) is 4.68 Å². The van der Waals surface area contributed by atoms with E-state index in [0.717, 1.165) is 63.5 Å². The molecule has 8 aromatic rings. The van der Waals surface area contributed by atoms with Crippen molar-refractivity contribution in [2.45, 2.75) is 38.8 Å². The van der Waals surface area contributed by atoms with E-state index in [1.807, 2.05) is 4.63 Å². The minimum absolute atomic E-state index is 0.706. The van der Waals surface area contributed by atoms with Crippen LogP contribution in [-0.2, 0) is 24.9 Å². The van der Waals surface area contributed by atoms with Gasteiger partial charge in [-0.1, -0.05) is 153 Å². The van der Waals surface area contributed by atoms with E-state index < -0.39 is 5.54 Å². The molecule has 240 valence electrons. The third kappa shape index (κ3) is 5.22. The molecule has 0 spiro atoms. The largest absolute Gasteiger partial charge is 0.334 e. The average Bonchev–Trinajstić information content (AvgIpc) is 3.90. The number of benzene rings is 5. The van der Waals surface area contributed by atoms with Crippen molar-refractivity contribution in [2.24, 2.45) is 0 Å². The highest BCUT2D eigenvalue weighted by molar-refractivity contribution is 5.79. The standard InChI is InChI=1S/C41H36N8/c1-3-35-28-39-42-38(4-2)44-49(39)47(35)29-30-24-26-31(27-25-30)36-22-14-15-23-37(36)40-43-45-46-48(40)41(32-16-8-5-9-17-32,33-18-10-6-11-19-33)34-20-12-7-13-21-34/h5-28H,3-4,29H2,1-2H3/p+1. The summed E-state index contributed by atoms with van der Waals surface area (Å²) in [5.41, 5.74) is 8.95. The Labute approximate surface area is 285 Å². The summed E-state index contributed by atoms with van der Waals surface area (Å²) >= 11 is 0. The Balaban J connectivity index is 1.24. The van der Waals surface area contributed by atoms with Crippen LogP contribution in [0.1, 0.15) is 47.6 Å². The van der Waals surface area contributed by atoms with Gasteiger partial charge >= 0.3 is 5.82 Å². The van der Waals surface area contributed by atoms with Crippen molar-refractivity contribution in [3.8, 4) is 22.5 Å². The number of aromatic amines is 1. The fourth-order valence-electron chi connectivity index (χ4n) is 7.01. The smallest absolute Gasteiger partial charge is 0.263 e. The molecule has 0 amide bonds. The number of fused-ring (bicyclic) bond motifs is 1. The molecule has 0 unspecified atom stereocenters. The molecule has 0 aliphatic rings. The van der Waals surface area contributed by atoms with Crippen LogP contribution in [0, 0.1) is 0 Å². The van der Waals surface area contributed by atoms with Crippen LogP contribution in [0.2, 0.25) is 0 Å². The van der Waals surface area contributed by atoms with E-state index in [1.54, 1.807) is 0 Å². The van der Waals surface area contributed by atoms with Gasteiger partial charge in [0.05, 0.1) is 12.1 Å². The van der Waals surface area contributed by atoms with Crippen LogP contribution >= 0.6 is 0 Å². The molecule has 8 rings (SSSR count). The summed E-state index contributed by atoms with van der Waals surface area (Å²) in [6.07, 6.45) is 1.72. The fraction of sp³-hybridized carbons (Fsp3) is 0.146. The molecule has 3 heterocycles. The van der Waals surface area contributed by atoms with Crippen LogP contribution in [0.15, 0.2) is 146 Å². The molecule has 0 radical (unpaired) electrons. The summed E-state index contributed by atoms with van der Waals surface area (Å²) in [6.45, 7) is 4.96. The molecule has 8 heteroatoms. The first-order valence-corrected chi connectivity index (χ1v) is 16.8. The molecule has 0 fully saturated rings. The van der Waals surface area contributed by atoms with Gasteiger partial charge in [0.25, 0.3) is 0 Å². The highest BCUT2D eigenvalue weighted by Crippen LogP contribution is 2.38. The molecule has 0 aliphatic heterocycles. The van der Waals surface area contributed by atoms with Gasteiger partial charge in [-0.05, 0) is 29.2 Å². The number of tetrazole rings is 1. The lowest BCUT2D eigenvalue weighted by molar-refractivity contribution is -0.779. The van der Waals surface area contributed by atoms with Crippen LogP contribution in [0.5, 0.6) is 0 Å². The minimum atomic E-state index is -0.780. The van der Waals surface area contributed by atoms with Crippen LogP contribution < -0.4 is 4.68 Å². The lowest BCUT2D eigenvalue weighted by Gasteiger charge is -2.33. The summed E-state index contributed by atoms with van der Waals surface area (Å²) in [5, 5.41) is 17.3. The Morgan fingerprint density at radius 1 is 0.653 bits per heavy atom. The maximum absolute atomic E-state index is 4.78. The number of aryl methyl sites for hydroxylation is 2. The predicted molar refractivity (Wildman–Crippen MR) is 191 cm³/mol. The normalized spacial score (nSPS) is 11.7. The number of nitrogens with one attached hydrogen (secondary N) is 1. The molecule has 0 saturated heterocycles. The van der Waals surface area contributed by atoms with E-state index in [2.05, 4.69) is 184 Å². The maximum Gasteiger partial charge on any atom is 0.334 e. The SMILES string of the molecule is CCc1nc2cc(CC)n(Cc3ccc(-c4ccccc4-c4nn[nH][n+]4C(c4ccccc4)(c4ccccc4)c4ccccc4)cc3)n2n1. The molecular weight excluding hydrogens is 605 g/mol. The summed E-state index contributed by atoms with van der Waals surface area (Å²) < 4.78 is 6.29. The van der Waals surface area contributed by atoms with Gasteiger partial charge in [-0.15, -0.1) is 9.78 Å². The zero-order valence-corrected chi connectivity index (χ0v) is 27.6. The highest BCUT2D eigenvalue weighted by Gasteiger charge is 2.46. The Morgan fingerprint density at radius 2 is 1.22 bits per heavy atom. The van der Waals surface area contributed by atoms with Crippen LogP contribution in [0.25, 0.3) is 28.2 Å². The molecule has 0 bridgehead atoms. The van der Waals surface area contributed by atoms with Gasteiger partial charge < -0.3 is 0 Å². The molecule has 5 aromatic carbocycles. The molecule has 0 aliphatic carbocycles. The van der Waals surface area contributed by atoms with E-state index in [0.29, 0.717) is 6.54 Å². The number of rotatable bonds is 10. The lowest BCUT2D eigenvalue weighted by Crippen LogP contribution is -2.61. The Bertz CT molecular complexity index is 2220. The molecule has 3 aromatic heterocycles. The third-order valence-corrected chi connectivity index (χ3v) is 9.37. The monoisotopic (exact) mass is 641 g/mol. The first-order chi connectivity index (χ1) is 24.2. The van der Waals surface area contributed by atoms with Crippen LogP contribution in [-0.4, -0.2) is 34.9 Å². The Hall–Kier alpha value is -6.15. The van der Waals surface area contributed by atoms with Gasteiger partial charge in [-0.2, -0.15) is 4.63 Å². The predicted octanol–water partition coefficient (Wildman–Crippen LogP) is 7.28. The first-order valence-electron chi connectivity index (χ1n) is 16.8. The van der Waals surface area contributed by atoms with Crippen molar-refractivity contribution in [1.29, 1.82) is 0 Å². The lowest BCUT2D eigenvalue weighted by atomic mass is 9.77. The van der Waals surface area contributed by atoms with Crippen molar-refractivity contribution in [3.05, 3.63) is 179 Å². The van der Waals surface area contributed by atoms with Crippen LogP contribution in [0.3, 0.4) is 0 Å². The molecule has 8 nitrogen and oxygen atoms in total. The minimum Gasteiger partial charge on any atom is -0.263 e. The second-order valence-electron chi connectivity index (χ2n) is 12.2. The van der Waals surface area contributed by atoms with Gasteiger partial charge in [0, 0.05) is 34.9 Å². The molecule has 49 heavy (non-hydrogen) atoms. The number of hydrogen-bond acceptors (Lipinski definition) is 4. The Morgan fingerprint density at radius 3 is 1.80 bits per heavy atom. The van der Waals surface area contributed by atoms with E-state index >= 15 is 0 Å². The molecule has 0 saturated carbocycles. The summed E-state index contributed by atoms with van der Waals surface area (Å²) in [5.74, 6) is 1.59. The maximum atomic E-state index is 4.78. The highest BCUT2D eigenvalue weighted by atomic mass is 15.6. The third-order valence-electron chi connectivity index (χ3n) is 9.37. The van der Waals surface area contributed by atoms with Crippen molar-refractivity contribution in [1.82, 2.24) is 34.9 Å². The summed E-state index contributed by atoms with van der Waals surface area (Å²) in [4.78, 5) is 4.69. The van der Waals surface area contributed by atoms with Gasteiger partial charge in [0.15, 0.2) is 22.2 Å². The van der Waals surface area contributed by atoms with Gasteiger partial charge in [0.1, 0.15) is 5.10 Å². The Kier molecular flexibility index (Phi) is 7.89. The van der Waals surface area contributed by atoms with E-state index in [-0.39, 0.29) is 0 Å². The number of aromatic nitrogens is 8. The average molecular weight is 642 g/mol. The van der Waals surface area contributed by atoms with Gasteiger partial charge in [0.2, 0.25) is 0 Å². The van der Waals surface area contributed by atoms with Crippen molar-refractivity contribution < 1.29 is 4.68 Å². The molecule has 0 atom stereocenters. The zero-order valence-electron chi connectivity index (χ0n) is 27.6. The number of H-pyrrole nitrogens is 1. The van der Waals surface area contributed by atoms with Crippen molar-refractivity contribution in [3.63, 3.8) is 0 Å². The number of nitrogens with zero attached hydrogens (tertiary/aromatic N) is 7. The second kappa shape index (κ2) is 12.8.